The van der Waals surface area contributed by atoms with Crippen LogP contribution in [0.5, 0.6) is 0 Å². The first-order valence-electron chi connectivity index (χ1n) is 6.08. The van der Waals surface area contributed by atoms with Crippen LogP contribution in [0.25, 0.3) is 0 Å². The van der Waals surface area contributed by atoms with Gasteiger partial charge >= 0.3 is 0 Å². The maximum atomic E-state index is 12.3. The first-order valence-corrected chi connectivity index (χ1v) is 6.08. The van der Waals surface area contributed by atoms with Gasteiger partial charge in [0.1, 0.15) is 0 Å². The van der Waals surface area contributed by atoms with E-state index in [1.807, 2.05) is 19.9 Å². The van der Waals surface area contributed by atoms with E-state index in [1.54, 1.807) is 25.1 Å². The Balaban J connectivity index is 2.80. The summed E-state index contributed by atoms with van der Waals surface area (Å²) in [5.41, 5.74) is 9.17. The van der Waals surface area contributed by atoms with Crippen molar-refractivity contribution in [2.24, 2.45) is 0 Å². The van der Waals surface area contributed by atoms with Crippen LogP contribution in [-0.4, -0.2) is 38.1 Å². The summed E-state index contributed by atoms with van der Waals surface area (Å²) in [4.78, 5) is 14.0. The number of amides is 1. The second-order valence-electron chi connectivity index (χ2n) is 4.60. The van der Waals surface area contributed by atoms with E-state index in [0.717, 1.165) is 17.5 Å². The molecule has 4 nitrogen and oxygen atoms in total. The minimum atomic E-state index is 0.00954. The van der Waals surface area contributed by atoms with Gasteiger partial charge in [-0.05, 0) is 37.5 Å². The summed E-state index contributed by atoms with van der Waals surface area (Å²) in [5.74, 6) is 0.00954. The minimum absolute atomic E-state index is 0.00954. The molecule has 1 aromatic carbocycles. The molecule has 0 radical (unpaired) electrons. The largest absolute Gasteiger partial charge is 0.398 e. The van der Waals surface area contributed by atoms with Crippen LogP contribution in [0.3, 0.4) is 0 Å². The molecular weight excluding hydrogens is 228 g/mol. The van der Waals surface area contributed by atoms with Crippen molar-refractivity contribution >= 4 is 11.6 Å². The molecule has 0 atom stereocenters. The van der Waals surface area contributed by atoms with Crippen LogP contribution in [-0.2, 0) is 4.74 Å². The number of hydrogen-bond acceptors (Lipinski definition) is 3. The molecule has 2 N–H and O–H groups in total. The molecule has 0 saturated carbocycles. The molecule has 0 spiro atoms. The molecule has 0 aliphatic heterocycles. The van der Waals surface area contributed by atoms with Crippen LogP contribution >= 0.6 is 0 Å². The number of carbonyl (C=O) groups excluding carboxylic acids is 1. The van der Waals surface area contributed by atoms with Crippen molar-refractivity contribution in [3.63, 3.8) is 0 Å². The summed E-state index contributed by atoms with van der Waals surface area (Å²) >= 11 is 0. The van der Waals surface area contributed by atoms with Crippen molar-refractivity contribution in [1.82, 2.24) is 4.90 Å². The van der Waals surface area contributed by atoms with Crippen molar-refractivity contribution in [3.8, 4) is 0 Å². The molecule has 0 saturated heterocycles. The average Bonchev–Trinajstić information content (AvgIpc) is 2.33. The lowest BCUT2D eigenvalue weighted by atomic mass is 10.0. The zero-order valence-corrected chi connectivity index (χ0v) is 11.6. The third-order valence-electron chi connectivity index (χ3n) is 3.03. The number of anilines is 1. The number of aryl methyl sites for hydroxylation is 2. The summed E-state index contributed by atoms with van der Waals surface area (Å²) in [5, 5.41) is 0. The average molecular weight is 250 g/mol. The molecule has 0 unspecified atom stereocenters. The smallest absolute Gasteiger partial charge is 0.253 e. The number of nitrogens with two attached hydrogens (primary N) is 1. The standard InChI is InChI=1S/C14H22N2O2/c1-10-8-11(2)13(15)9-12(10)14(17)16(3)6-5-7-18-4/h8-9H,5-7,15H2,1-4H3. The molecule has 100 valence electrons. The van der Waals surface area contributed by atoms with Gasteiger partial charge in [0, 0.05) is 38.6 Å². The van der Waals surface area contributed by atoms with Gasteiger partial charge in [-0.1, -0.05) is 6.07 Å². The van der Waals surface area contributed by atoms with Gasteiger partial charge < -0.3 is 15.4 Å². The zero-order chi connectivity index (χ0) is 13.7. The Morgan fingerprint density at radius 1 is 1.33 bits per heavy atom. The third-order valence-corrected chi connectivity index (χ3v) is 3.03. The second-order valence-corrected chi connectivity index (χ2v) is 4.60. The third kappa shape index (κ3) is 3.47. The van der Waals surface area contributed by atoms with Gasteiger partial charge in [0.15, 0.2) is 0 Å². The Hall–Kier alpha value is -1.55. The van der Waals surface area contributed by atoms with E-state index in [9.17, 15) is 4.79 Å². The van der Waals surface area contributed by atoms with E-state index in [0.29, 0.717) is 24.4 Å². The van der Waals surface area contributed by atoms with E-state index >= 15 is 0 Å². The Labute approximate surface area is 109 Å². The number of benzene rings is 1. The lowest BCUT2D eigenvalue weighted by Gasteiger charge is -2.19. The topological polar surface area (TPSA) is 55.6 Å². The van der Waals surface area contributed by atoms with Crippen molar-refractivity contribution in [1.29, 1.82) is 0 Å². The van der Waals surface area contributed by atoms with Gasteiger partial charge in [-0.2, -0.15) is 0 Å². The second kappa shape index (κ2) is 6.40. The SMILES string of the molecule is COCCCN(C)C(=O)c1cc(N)c(C)cc1C. The molecule has 0 fully saturated rings. The molecular formula is C14H22N2O2. The summed E-state index contributed by atoms with van der Waals surface area (Å²) in [6, 6.07) is 3.71. The molecule has 1 aromatic rings. The lowest BCUT2D eigenvalue weighted by molar-refractivity contribution is 0.0778. The maximum Gasteiger partial charge on any atom is 0.253 e. The van der Waals surface area contributed by atoms with Gasteiger partial charge in [0.25, 0.3) is 5.91 Å². The highest BCUT2D eigenvalue weighted by molar-refractivity contribution is 5.96. The molecule has 0 aliphatic carbocycles. The molecule has 1 rings (SSSR count). The Morgan fingerprint density at radius 3 is 2.61 bits per heavy atom. The summed E-state index contributed by atoms with van der Waals surface area (Å²) in [6.07, 6.45) is 0.832. The van der Waals surface area contributed by atoms with E-state index < -0.39 is 0 Å². The van der Waals surface area contributed by atoms with E-state index in [2.05, 4.69) is 0 Å². The van der Waals surface area contributed by atoms with Crippen LogP contribution < -0.4 is 5.73 Å². The number of nitrogens with zero attached hydrogens (tertiary/aromatic N) is 1. The maximum absolute atomic E-state index is 12.3. The molecule has 1 amide bonds. The first-order chi connectivity index (χ1) is 8.47. The minimum Gasteiger partial charge on any atom is -0.398 e. The molecule has 0 heterocycles. The van der Waals surface area contributed by atoms with E-state index in [1.165, 1.54) is 0 Å². The number of nitrogen functional groups attached to an aromatic ring is 1. The predicted molar refractivity (Wildman–Crippen MR) is 73.8 cm³/mol. The molecule has 18 heavy (non-hydrogen) atoms. The van der Waals surface area contributed by atoms with Crippen molar-refractivity contribution in [3.05, 3.63) is 28.8 Å². The van der Waals surface area contributed by atoms with Crippen molar-refractivity contribution in [2.45, 2.75) is 20.3 Å². The van der Waals surface area contributed by atoms with Gasteiger partial charge in [0.05, 0.1) is 0 Å². The van der Waals surface area contributed by atoms with Crippen LogP contribution in [0, 0.1) is 13.8 Å². The van der Waals surface area contributed by atoms with Gasteiger partial charge in [-0.25, -0.2) is 0 Å². The Morgan fingerprint density at radius 2 is 2.00 bits per heavy atom. The number of rotatable bonds is 5. The molecule has 0 aliphatic rings. The normalized spacial score (nSPS) is 10.4. The highest BCUT2D eigenvalue weighted by Gasteiger charge is 2.14. The van der Waals surface area contributed by atoms with Gasteiger partial charge in [0.2, 0.25) is 0 Å². The summed E-state index contributed by atoms with van der Waals surface area (Å²) in [6.45, 7) is 5.22. The summed E-state index contributed by atoms with van der Waals surface area (Å²) < 4.78 is 4.98. The fourth-order valence-electron chi connectivity index (χ4n) is 1.85. The summed E-state index contributed by atoms with van der Waals surface area (Å²) in [7, 11) is 3.46. The van der Waals surface area contributed by atoms with E-state index in [4.69, 9.17) is 10.5 Å². The van der Waals surface area contributed by atoms with Crippen LogP contribution in [0.4, 0.5) is 5.69 Å². The highest BCUT2D eigenvalue weighted by atomic mass is 16.5. The number of hydrogen-bond donors (Lipinski definition) is 1. The quantitative estimate of drug-likeness (QED) is 0.642. The predicted octanol–water partition coefficient (Wildman–Crippen LogP) is 1.99. The van der Waals surface area contributed by atoms with Gasteiger partial charge in [-0.15, -0.1) is 0 Å². The Kier molecular flexibility index (Phi) is 5.16. The number of ether oxygens (including phenoxy) is 1. The fourth-order valence-corrected chi connectivity index (χ4v) is 1.85. The van der Waals surface area contributed by atoms with Crippen LogP contribution in [0.1, 0.15) is 27.9 Å². The van der Waals surface area contributed by atoms with Crippen molar-refractivity contribution < 1.29 is 9.53 Å². The molecule has 4 heteroatoms. The van der Waals surface area contributed by atoms with Crippen molar-refractivity contribution in [2.75, 3.05) is 33.0 Å². The highest BCUT2D eigenvalue weighted by Crippen LogP contribution is 2.19. The fraction of sp³-hybridized carbons (Fsp3) is 0.500. The number of carbonyl (C=O) groups is 1. The lowest BCUT2D eigenvalue weighted by Crippen LogP contribution is -2.29. The zero-order valence-electron chi connectivity index (χ0n) is 11.6. The number of methoxy groups -OCH3 is 1. The van der Waals surface area contributed by atoms with Crippen LogP contribution in [0.2, 0.25) is 0 Å². The first kappa shape index (κ1) is 14.5. The van der Waals surface area contributed by atoms with Gasteiger partial charge in [-0.3, -0.25) is 4.79 Å². The molecule has 0 bridgehead atoms. The monoisotopic (exact) mass is 250 g/mol. The van der Waals surface area contributed by atoms with E-state index in [-0.39, 0.29) is 5.91 Å². The Bertz CT molecular complexity index is 430. The van der Waals surface area contributed by atoms with Crippen LogP contribution in [0.15, 0.2) is 12.1 Å². The molecule has 0 aromatic heterocycles.